The molecule has 0 unspecified atom stereocenters. The van der Waals surface area contributed by atoms with E-state index in [1.807, 2.05) is 30.5 Å². The van der Waals surface area contributed by atoms with Gasteiger partial charge in [0.15, 0.2) is 0 Å². The number of nitrogens with zero attached hydrogens (tertiary/aromatic N) is 3. The molecule has 2 aromatic rings. The van der Waals surface area contributed by atoms with E-state index >= 15 is 0 Å². The maximum absolute atomic E-state index is 5.22. The Bertz CT molecular complexity index is 516. The molecular formula is C14H17N4O+. The van der Waals surface area contributed by atoms with Crippen molar-refractivity contribution in [3.05, 3.63) is 48.6 Å². The van der Waals surface area contributed by atoms with E-state index in [9.17, 15) is 0 Å². The van der Waals surface area contributed by atoms with Gasteiger partial charge in [-0.15, -0.1) is 0 Å². The summed E-state index contributed by atoms with van der Waals surface area (Å²) in [4.78, 5) is 5.59. The van der Waals surface area contributed by atoms with Crippen LogP contribution in [0.1, 0.15) is 5.76 Å². The molecule has 1 N–H and O–H groups in total. The van der Waals surface area contributed by atoms with Gasteiger partial charge >= 0.3 is 0 Å². The standard InChI is InChI=1S/C14H16N4O/c1-2-6-15-14(5-1)17-7-9-18(10-8-17)16-12-13-4-3-11-19-13/h1-6,11-12H,7-10H2/p+1. The number of aromatic amines is 1. The molecule has 1 saturated heterocycles. The van der Waals surface area contributed by atoms with Crippen molar-refractivity contribution >= 4 is 12.0 Å². The third-order valence-corrected chi connectivity index (χ3v) is 3.18. The molecule has 0 spiro atoms. The molecule has 1 aliphatic rings. The fraction of sp³-hybridized carbons (Fsp3) is 0.286. The Labute approximate surface area is 112 Å². The summed E-state index contributed by atoms with van der Waals surface area (Å²) in [5.41, 5.74) is 0. The van der Waals surface area contributed by atoms with Crippen LogP contribution in [-0.4, -0.2) is 37.4 Å². The Morgan fingerprint density at radius 3 is 2.68 bits per heavy atom. The lowest BCUT2D eigenvalue weighted by molar-refractivity contribution is -0.364. The number of piperazine rings is 1. The van der Waals surface area contributed by atoms with Crippen molar-refractivity contribution in [2.24, 2.45) is 5.10 Å². The van der Waals surface area contributed by atoms with Crippen molar-refractivity contribution in [3.63, 3.8) is 0 Å². The summed E-state index contributed by atoms with van der Waals surface area (Å²) in [6, 6.07) is 9.91. The minimum Gasteiger partial charge on any atom is -0.463 e. The Hall–Kier alpha value is -2.30. The van der Waals surface area contributed by atoms with Gasteiger partial charge in [0.05, 0.1) is 31.8 Å². The maximum Gasteiger partial charge on any atom is 0.274 e. The number of pyridine rings is 1. The van der Waals surface area contributed by atoms with Gasteiger partial charge in [0.25, 0.3) is 5.82 Å². The van der Waals surface area contributed by atoms with Gasteiger partial charge in [-0.3, -0.25) is 9.91 Å². The second-order valence-electron chi connectivity index (χ2n) is 4.45. The van der Waals surface area contributed by atoms with Crippen LogP contribution < -0.4 is 9.88 Å². The van der Waals surface area contributed by atoms with E-state index in [0.29, 0.717) is 0 Å². The minimum absolute atomic E-state index is 0.791. The van der Waals surface area contributed by atoms with E-state index < -0.39 is 0 Å². The second kappa shape index (κ2) is 5.56. The van der Waals surface area contributed by atoms with E-state index in [0.717, 1.165) is 37.8 Å². The van der Waals surface area contributed by atoms with Gasteiger partial charge < -0.3 is 4.42 Å². The van der Waals surface area contributed by atoms with Gasteiger partial charge in [-0.05, 0) is 18.2 Å². The first-order chi connectivity index (χ1) is 9.42. The average Bonchev–Trinajstić information content (AvgIpc) is 3.00. The molecule has 3 heterocycles. The van der Waals surface area contributed by atoms with Crippen molar-refractivity contribution in [2.45, 2.75) is 0 Å². The van der Waals surface area contributed by atoms with Gasteiger partial charge in [-0.1, -0.05) is 6.07 Å². The van der Waals surface area contributed by atoms with Gasteiger partial charge in [0, 0.05) is 6.07 Å². The van der Waals surface area contributed by atoms with Crippen molar-refractivity contribution in [2.75, 3.05) is 31.1 Å². The molecule has 98 valence electrons. The Morgan fingerprint density at radius 1 is 1.11 bits per heavy atom. The zero-order valence-electron chi connectivity index (χ0n) is 10.7. The van der Waals surface area contributed by atoms with Crippen LogP contribution in [0.5, 0.6) is 0 Å². The number of nitrogens with one attached hydrogen (secondary N) is 1. The van der Waals surface area contributed by atoms with Crippen LogP contribution in [0.2, 0.25) is 0 Å². The van der Waals surface area contributed by atoms with E-state index in [-0.39, 0.29) is 0 Å². The van der Waals surface area contributed by atoms with E-state index in [2.05, 4.69) is 26.1 Å². The lowest BCUT2D eigenvalue weighted by Gasteiger charge is -2.28. The van der Waals surface area contributed by atoms with Crippen molar-refractivity contribution in [1.82, 2.24) is 5.01 Å². The van der Waals surface area contributed by atoms with Gasteiger partial charge in [0.1, 0.15) is 18.8 Å². The molecule has 0 radical (unpaired) electrons. The molecule has 5 heteroatoms. The first kappa shape index (κ1) is 11.8. The normalized spacial score (nSPS) is 16.2. The van der Waals surface area contributed by atoms with Crippen LogP contribution in [0.25, 0.3) is 0 Å². The van der Waals surface area contributed by atoms with Crippen LogP contribution >= 0.6 is 0 Å². The molecular weight excluding hydrogens is 240 g/mol. The molecule has 0 atom stereocenters. The highest BCUT2D eigenvalue weighted by atomic mass is 16.3. The van der Waals surface area contributed by atoms with Gasteiger partial charge in [-0.25, -0.2) is 4.98 Å². The molecule has 0 aromatic carbocycles. The van der Waals surface area contributed by atoms with Crippen LogP contribution in [0, 0.1) is 0 Å². The summed E-state index contributed by atoms with van der Waals surface area (Å²) in [6.45, 7) is 3.77. The summed E-state index contributed by atoms with van der Waals surface area (Å²) >= 11 is 0. The quantitative estimate of drug-likeness (QED) is 0.777. The molecule has 5 nitrogen and oxygen atoms in total. The van der Waals surface area contributed by atoms with Crippen LogP contribution in [-0.2, 0) is 0 Å². The number of anilines is 1. The Kier molecular flexibility index (Phi) is 3.45. The van der Waals surface area contributed by atoms with Crippen LogP contribution in [0.3, 0.4) is 0 Å². The number of hydrogen-bond acceptors (Lipinski definition) is 4. The highest BCUT2D eigenvalue weighted by Gasteiger charge is 2.21. The smallest absolute Gasteiger partial charge is 0.274 e. The predicted octanol–water partition coefficient (Wildman–Crippen LogP) is 1.25. The SMILES string of the molecule is C(=NN1CCN(c2cccc[nH+]2)CC1)c1ccco1. The van der Waals surface area contributed by atoms with Gasteiger partial charge in [0.2, 0.25) is 0 Å². The first-order valence-corrected chi connectivity index (χ1v) is 6.46. The van der Waals surface area contributed by atoms with E-state index in [4.69, 9.17) is 4.42 Å². The molecule has 3 rings (SSSR count). The number of H-pyrrole nitrogens is 1. The third kappa shape index (κ3) is 2.93. The average molecular weight is 257 g/mol. The van der Waals surface area contributed by atoms with Crippen molar-refractivity contribution in [1.29, 1.82) is 0 Å². The summed E-state index contributed by atoms with van der Waals surface area (Å²) in [7, 11) is 0. The number of hydrazone groups is 1. The summed E-state index contributed by atoms with van der Waals surface area (Å²) < 4.78 is 5.22. The second-order valence-corrected chi connectivity index (χ2v) is 4.45. The molecule has 1 aliphatic heterocycles. The van der Waals surface area contributed by atoms with Crippen LogP contribution in [0.4, 0.5) is 5.82 Å². The molecule has 0 amide bonds. The first-order valence-electron chi connectivity index (χ1n) is 6.46. The highest BCUT2D eigenvalue weighted by Crippen LogP contribution is 2.10. The number of furan rings is 1. The molecule has 0 saturated carbocycles. The number of hydrogen-bond donors (Lipinski definition) is 0. The van der Waals surface area contributed by atoms with Gasteiger partial charge in [-0.2, -0.15) is 5.10 Å². The summed E-state index contributed by atoms with van der Waals surface area (Å²) in [6.07, 6.45) is 5.38. The third-order valence-electron chi connectivity index (χ3n) is 3.18. The molecule has 2 aromatic heterocycles. The highest BCUT2D eigenvalue weighted by molar-refractivity contribution is 5.75. The topological polar surface area (TPSA) is 46.1 Å². The lowest BCUT2D eigenvalue weighted by Crippen LogP contribution is -2.45. The molecule has 1 fully saturated rings. The zero-order valence-corrected chi connectivity index (χ0v) is 10.7. The van der Waals surface area contributed by atoms with E-state index in [1.165, 1.54) is 0 Å². The largest absolute Gasteiger partial charge is 0.463 e. The van der Waals surface area contributed by atoms with Crippen molar-refractivity contribution in [3.8, 4) is 0 Å². The number of aromatic nitrogens is 1. The maximum atomic E-state index is 5.22. The molecule has 19 heavy (non-hydrogen) atoms. The Morgan fingerprint density at radius 2 is 2.00 bits per heavy atom. The Balaban J connectivity index is 1.55. The van der Waals surface area contributed by atoms with E-state index in [1.54, 1.807) is 12.5 Å². The fourth-order valence-corrected chi connectivity index (χ4v) is 2.14. The van der Waals surface area contributed by atoms with Crippen molar-refractivity contribution < 1.29 is 9.40 Å². The fourth-order valence-electron chi connectivity index (χ4n) is 2.14. The molecule has 0 aliphatic carbocycles. The number of rotatable bonds is 3. The predicted molar refractivity (Wildman–Crippen MR) is 73.1 cm³/mol. The van der Waals surface area contributed by atoms with Crippen LogP contribution in [0.15, 0.2) is 52.3 Å². The monoisotopic (exact) mass is 257 g/mol. The minimum atomic E-state index is 0.791. The lowest BCUT2D eigenvalue weighted by atomic mass is 10.3. The molecule has 0 bridgehead atoms. The zero-order chi connectivity index (χ0) is 12.9. The summed E-state index contributed by atoms with van der Waals surface area (Å²) in [5, 5.41) is 6.50. The summed E-state index contributed by atoms with van der Waals surface area (Å²) in [5.74, 6) is 1.95.